The molecule has 0 radical (unpaired) electrons. The van der Waals surface area contributed by atoms with Crippen molar-refractivity contribution in [2.75, 3.05) is 0 Å². The lowest BCUT2D eigenvalue weighted by Gasteiger charge is -2.06. The zero-order valence-corrected chi connectivity index (χ0v) is 8.90. The highest BCUT2D eigenvalue weighted by Gasteiger charge is 2.29. The van der Waals surface area contributed by atoms with E-state index in [2.05, 4.69) is 10.3 Å². The summed E-state index contributed by atoms with van der Waals surface area (Å²) in [5, 5.41) is 2.81. The van der Waals surface area contributed by atoms with E-state index in [-0.39, 0.29) is 17.9 Å². The minimum atomic E-state index is -0.236. The van der Waals surface area contributed by atoms with Gasteiger partial charge in [0, 0.05) is 5.56 Å². The molecule has 0 saturated carbocycles. The number of amidine groups is 1. The summed E-state index contributed by atoms with van der Waals surface area (Å²) < 4.78 is 0. The molecule has 0 aromatic heterocycles. The molecule has 78 valence electrons. The Bertz CT molecular complexity index is 395. The van der Waals surface area contributed by atoms with Crippen molar-refractivity contribution in [3.63, 3.8) is 0 Å². The lowest BCUT2D eigenvalue weighted by molar-refractivity contribution is -0.120. The van der Waals surface area contributed by atoms with Gasteiger partial charge in [-0.25, -0.2) is 0 Å². The zero-order chi connectivity index (χ0) is 10.8. The minimum absolute atomic E-state index is 0.00357. The van der Waals surface area contributed by atoms with E-state index in [1.807, 2.05) is 44.2 Å². The van der Waals surface area contributed by atoms with Crippen LogP contribution in [-0.2, 0) is 4.79 Å². The average molecular weight is 202 g/mol. The third-order valence-corrected chi connectivity index (χ3v) is 2.46. The normalized spacial score (nSPS) is 20.3. The molecular formula is C12H14N2O. The van der Waals surface area contributed by atoms with E-state index in [0.717, 1.165) is 5.56 Å². The van der Waals surface area contributed by atoms with Gasteiger partial charge in [-0.1, -0.05) is 44.2 Å². The van der Waals surface area contributed by atoms with E-state index in [1.54, 1.807) is 0 Å². The molecule has 1 amide bonds. The average Bonchev–Trinajstić information content (AvgIpc) is 2.62. The molecule has 1 N–H and O–H groups in total. The molecule has 0 spiro atoms. The van der Waals surface area contributed by atoms with Gasteiger partial charge in [0.2, 0.25) is 0 Å². The van der Waals surface area contributed by atoms with Gasteiger partial charge >= 0.3 is 0 Å². The second-order valence-electron chi connectivity index (χ2n) is 4.02. The summed E-state index contributed by atoms with van der Waals surface area (Å²) in [5.41, 5.74) is 0.967. The van der Waals surface area contributed by atoms with Gasteiger partial charge in [-0.2, -0.15) is 0 Å². The molecule has 1 heterocycles. The monoisotopic (exact) mass is 202 g/mol. The van der Waals surface area contributed by atoms with Crippen molar-refractivity contribution < 1.29 is 4.79 Å². The molecule has 0 fully saturated rings. The Labute approximate surface area is 89.2 Å². The Morgan fingerprint density at radius 3 is 2.47 bits per heavy atom. The van der Waals surface area contributed by atoms with Crippen LogP contribution in [0, 0.1) is 5.92 Å². The van der Waals surface area contributed by atoms with E-state index < -0.39 is 0 Å². The summed E-state index contributed by atoms with van der Waals surface area (Å²) in [5.74, 6) is 0.939. The SMILES string of the molecule is CC(C)C1N=C(c2ccccc2)NC1=O. The highest BCUT2D eigenvalue weighted by molar-refractivity contribution is 6.13. The molecular weight excluding hydrogens is 188 g/mol. The number of hydrogen-bond donors (Lipinski definition) is 1. The van der Waals surface area contributed by atoms with Crippen LogP contribution in [0.15, 0.2) is 35.3 Å². The Kier molecular flexibility index (Phi) is 2.54. The van der Waals surface area contributed by atoms with Gasteiger partial charge < -0.3 is 5.32 Å². The third-order valence-electron chi connectivity index (χ3n) is 2.46. The van der Waals surface area contributed by atoms with Gasteiger partial charge in [0.25, 0.3) is 5.91 Å². The number of nitrogens with zero attached hydrogens (tertiary/aromatic N) is 1. The first-order valence-corrected chi connectivity index (χ1v) is 5.12. The van der Waals surface area contributed by atoms with Crippen molar-refractivity contribution >= 4 is 11.7 Å². The van der Waals surface area contributed by atoms with Gasteiger partial charge in [-0.3, -0.25) is 9.79 Å². The fourth-order valence-electron chi connectivity index (χ4n) is 1.62. The van der Waals surface area contributed by atoms with Crippen molar-refractivity contribution in [3.05, 3.63) is 35.9 Å². The Hall–Kier alpha value is -1.64. The number of hydrogen-bond acceptors (Lipinski definition) is 2. The van der Waals surface area contributed by atoms with Crippen LogP contribution in [-0.4, -0.2) is 17.8 Å². The Morgan fingerprint density at radius 2 is 1.93 bits per heavy atom. The maximum Gasteiger partial charge on any atom is 0.250 e. The van der Waals surface area contributed by atoms with Crippen LogP contribution < -0.4 is 5.32 Å². The number of carbonyl (C=O) groups is 1. The van der Waals surface area contributed by atoms with E-state index in [4.69, 9.17) is 0 Å². The third kappa shape index (κ3) is 1.91. The lowest BCUT2D eigenvalue weighted by Crippen LogP contribution is -2.31. The molecule has 1 aliphatic heterocycles. The number of aliphatic imine (C=N–C) groups is 1. The minimum Gasteiger partial charge on any atom is -0.309 e. The maximum atomic E-state index is 11.6. The van der Waals surface area contributed by atoms with Gasteiger partial charge in [-0.15, -0.1) is 0 Å². The lowest BCUT2D eigenvalue weighted by atomic mass is 10.1. The summed E-state index contributed by atoms with van der Waals surface area (Å²) in [6.07, 6.45) is 0. The maximum absolute atomic E-state index is 11.6. The number of nitrogens with one attached hydrogen (secondary N) is 1. The molecule has 0 aliphatic carbocycles. The second-order valence-corrected chi connectivity index (χ2v) is 4.02. The molecule has 1 unspecified atom stereocenters. The number of amides is 1. The van der Waals surface area contributed by atoms with Crippen molar-refractivity contribution in [2.24, 2.45) is 10.9 Å². The molecule has 1 aliphatic rings. The first-order valence-electron chi connectivity index (χ1n) is 5.12. The van der Waals surface area contributed by atoms with Crippen molar-refractivity contribution in [1.29, 1.82) is 0 Å². The van der Waals surface area contributed by atoms with Crippen LogP contribution in [0.5, 0.6) is 0 Å². The highest BCUT2D eigenvalue weighted by atomic mass is 16.2. The van der Waals surface area contributed by atoms with Gasteiger partial charge in [0.1, 0.15) is 11.9 Å². The molecule has 3 heteroatoms. The second kappa shape index (κ2) is 3.85. The molecule has 3 nitrogen and oxygen atoms in total. The standard InChI is InChI=1S/C12H14N2O/c1-8(2)10-12(15)14-11(13-10)9-6-4-3-5-7-9/h3-8,10H,1-2H3,(H,13,14,15). The molecule has 0 bridgehead atoms. The first-order chi connectivity index (χ1) is 7.18. The van der Waals surface area contributed by atoms with E-state index in [9.17, 15) is 4.79 Å². The molecule has 0 saturated heterocycles. The predicted molar refractivity (Wildman–Crippen MR) is 59.7 cm³/mol. The summed E-state index contributed by atoms with van der Waals surface area (Å²) in [4.78, 5) is 16.0. The molecule has 1 atom stereocenters. The van der Waals surface area contributed by atoms with Gasteiger partial charge in [0.05, 0.1) is 0 Å². The first kappa shape index (κ1) is 9.90. The Balaban J connectivity index is 2.27. The van der Waals surface area contributed by atoms with Crippen molar-refractivity contribution in [1.82, 2.24) is 5.32 Å². The van der Waals surface area contributed by atoms with Crippen LogP contribution in [0.3, 0.4) is 0 Å². The number of benzene rings is 1. The van der Waals surface area contributed by atoms with E-state index in [0.29, 0.717) is 5.84 Å². The quantitative estimate of drug-likeness (QED) is 0.777. The van der Waals surface area contributed by atoms with Crippen LogP contribution in [0.1, 0.15) is 19.4 Å². The summed E-state index contributed by atoms with van der Waals surface area (Å²) in [7, 11) is 0. The van der Waals surface area contributed by atoms with Crippen LogP contribution in [0.2, 0.25) is 0 Å². The van der Waals surface area contributed by atoms with E-state index in [1.165, 1.54) is 0 Å². The topological polar surface area (TPSA) is 41.5 Å². The van der Waals surface area contributed by atoms with Crippen molar-refractivity contribution in [2.45, 2.75) is 19.9 Å². The smallest absolute Gasteiger partial charge is 0.250 e. The molecule has 1 aromatic carbocycles. The fourth-order valence-corrected chi connectivity index (χ4v) is 1.62. The summed E-state index contributed by atoms with van der Waals surface area (Å²) in [6, 6.07) is 9.48. The van der Waals surface area contributed by atoms with Crippen molar-refractivity contribution in [3.8, 4) is 0 Å². The molecule has 15 heavy (non-hydrogen) atoms. The summed E-state index contributed by atoms with van der Waals surface area (Å²) >= 11 is 0. The predicted octanol–water partition coefficient (Wildman–Crippen LogP) is 1.59. The molecule has 1 aromatic rings. The van der Waals surface area contributed by atoms with Gasteiger partial charge in [0.15, 0.2) is 0 Å². The highest BCUT2D eigenvalue weighted by Crippen LogP contribution is 2.14. The van der Waals surface area contributed by atoms with Gasteiger partial charge in [-0.05, 0) is 5.92 Å². The van der Waals surface area contributed by atoms with Crippen LogP contribution >= 0.6 is 0 Å². The van der Waals surface area contributed by atoms with E-state index >= 15 is 0 Å². The van der Waals surface area contributed by atoms with Crippen LogP contribution in [0.4, 0.5) is 0 Å². The number of carbonyl (C=O) groups excluding carboxylic acids is 1. The Morgan fingerprint density at radius 1 is 1.27 bits per heavy atom. The number of rotatable bonds is 2. The molecule has 2 rings (SSSR count). The summed E-state index contributed by atoms with van der Waals surface area (Å²) in [6.45, 7) is 4.00. The van der Waals surface area contributed by atoms with Crippen LogP contribution in [0.25, 0.3) is 0 Å². The largest absolute Gasteiger partial charge is 0.309 e. The zero-order valence-electron chi connectivity index (χ0n) is 8.90. The fraction of sp³-hybridized carbons (Fsp3) is 0.333.